The Balaban J connectivity index is 2.95. The molecule has 2 aromatic rings. The zero-order valence-electron chi connectivity index (χ0n) is 6.27. The van der Waals surface area contributed by atoms with E-state index < -0.39 is 6.01 Å². The molecule has 0 aromatic carbocycles. The van der Waals surface area contributed by atoms with Crippen LogP contribution in [-0.4, -0.2) is 0 Å². The lowest BCUT2D eigenvalue weighted by Crippen LogP contribution is -1.72. The van der Waals surface area contributed by atoms with Gasteiger partial charge in [-0.3, -0.25) is 0 Å². The van der Waals surface area contributed by atoms with Crippen molar-refractivity contribution in [2.45, 2.75) is 13.8 Å². The Morgan fingerprint density at radius 1 is 1.45 bits per heavy atom. The van der Waals surface area contributed by atoms with E-state index in [-0.39, 0.29) is 0 Å². The van der Waals surface area contributed by atoms with Gasteiger partial charge in [-0.15, -0.1) is 11.3 Å². The number of fused-ring (bicyclic) bond motifs is 1. The van der Waals surface area contributed by atoms with Gasteiger partial charge in [0, 0.05) is 10.9 Å². The molecular weight excluding hydrogens is 163 g/mol. The Morgan fingerprint density at radius 2 is 2.18 bits per heavy atom. The predicted molar refractivity (Wildman–Crippen MR) is 43.5 cm³/mol. The number of hydrogen-bond donors (Lipinski definition) is 0. The van der Waals surface area contributed by atoms with Gasteiger partial charge in [0.15, 0.2) is 4.90 Å². The van der Waals surface area contributed by atoms with E-state index in [1.807, 2.05) is 12.3 Å². The van der Waals surface area contributed by atoms with Gasteiger partial charge in [0.2, 0.25) is 0 Å². The van der Waals surface area contributed by atoms with Crippen LogP contribution in [-0.2, 0) is 0 Å². The van der Waals surface area contributed by atoms with Crippen molar-refractivity contribution in [3.8, 4) is 0 Å². The summed E-state index contributed by atoms with van der Waals surface area (Å²) >= 11 is 1.44. The van der Waals surface area contributed by atoms with E-state index in [2.05, 4.69) is 0 Å². The SMILES string of the molecule is Cc1csc2oc(F)c(C)c12. The third-order valence-electron chi connectivity index (χ3n) is 1.79. The van der Waals surface area contributed by atoms with Crippen molar-refractivity contribution in [3.63, 3.8) is 0 Å². The van der Waals surface area contributed by atoms with Crippen molar-refractivity contribution in [3.05, 3.63) is 22.5 Å². The first-order valence-corrected chi connectivity index (χ1v) is 4.21. The number of hydrogen-bond acceptors (Lipinski definition) is 2. The normalized spacial score (nSPS) is 11.2. The Hall–Kier alpha value is -0.830. The lowest BCUT2D eigenvalue weighted by Gasteiger charge is -1.83. The minimum Gasteiger partial charge on any atom is -0.420 e. The third kappa shape index (κ3) is 0.807. The minimum atomic E-state index is -0.449. The number of furan rings is 1. The van der Waals surface area contributed by atoms with Crippen LogP contribution in [0.4, 0.5) is 4.39 Å². The van der Waals surface area contributed by atoms with Crippen molar-refractivity contribution in [2.24, 2.45) is 0 Å². The van der Waals surface area contributed by atoms with E-state index in [0.717, 1.165) is 10.9 Å². The van der Waals surface area contributed by atoms with Crippen molar-refractivity contribution in [2.75, 3.05) is 0 Å². The molecule has 0 amide bonds. The quantitative estimate of drug-likeness (QED) is 0.591. The number of thiophene rings is 1. The molecule has 0 fully saturated rings. The highest BCUT2D eigenvalue weighted by atomic mass is 32.1. The highest BCUT2D eigenvalue weighted by Crippen LogP contribution is 2.31. The maximum Gasteiger partial charge on any atom is 0.282 e. The van der Waals surface area contributed by atoms with Crippen LogP contribution in [0.1, 0.15) is 11.1 Å². The summed E-state index contributed by atoms with van der Waals surface area (Å²) in [4.78, 5) is 0.692. The number of rotatable bonds is 0. The maximum absolute atomic E-state index is 12.8. The molecule has 0 aliphatic carbocycles. The van der Waals surface area contributed by atoms with E-state index in [0.29, 0.717) is 10.5 Å². The van der Waals surface area contributed by atoms with E-state index in [1.54, 1.807) is 6.92 Å². The van der Waals surface area contributed by atoms with Crippen LogP contribution in [0.2, 0.25) is 0 Å². The van der Waals surface area contributed by atoms with E-state index in [1.165, 1.54) is 11.3 Å². The molecule has 58 valence electrons. The number of aryl methyl sites for hydroxylation is 2. The average molecular weight is 170 g/mol. The lowest BCUT2D eigenvalue weighted by atomic mass is 10.2. The minimum absolute atomic E-state index is 0.449. The zero-order valence-corrected chi connectivity index (χ0v) is 7.09. The molecule has 11 heavy (non-hydrogen) atoms. The fourth-order valence-corrected chi connectivity index (χ4v) is 2.16. The summed E-state index contributed by atoms with van der Waals surface area (Å²) in [5.74, 6) is 0. The van der Waals surface area contributed by atoms with Crippen molar-refractivity contribution >= 4 is 21.6 Å². The summed E-state index contributed by atoms with van der Waals surface area (Å²) in [6.45, 7) is 3.70. The van der Waals surface area contributed by atoms with Crippen molar-refractivity contribution < 1.29 is 8.81 Å². The molecule has 2 rings (SSSR count). The molecular formula is C8H7FOS. The molecule has 0 saturated carbocycles. The molecule has 3 heteroatoms. The smallest absolute Gasteiger partial charge is 0.282 e. The second-order valence-corrected chi connectivity index (χ2v) is 3.42. The Bertz CT molecular complexity index is 399. The van der Waals surface area contributed by atoms with Gasteiger partial charge in [-0.1, -0.05) is 0 Å². The number of halogens is 1. The average Bonchev–Trinajstić information content (AvgIpc) is 2.41. The molecule has 0 N–H and O–H groups in total. The summed E-state index contributed by atoms with van der Waals surface area (Å²) in [7, 11) is 0. The molecule has 1 nitrogen and oxygen atoms in total. The van der Waals surface area contributed by atoms with E-state index >= 15 is 0 Å². The Kier molecular flexibility index (Phi) is 1.29. The second kappa shape index (κ2) is 2.08. The summed E-state index contributed by atoms with van der Waals surface area (Å²) < 4.78 is 17.7. The van der Waals surface area contributed by atoms with Crippen LogP contribution >= 0.6 is 11.3 Å². The second-order valence-electron chi connectivity index (χ2n) is 2.58. The van der Waals surface area contributed by atoms with Crippen molar-refractivity contribution in [1.29, 1.82) is 0 Å². The Morgan fingerprint density at radius 3 is 2.82 bits per heavy atom. The highest BCUT2D eigenvalue weighted by molar-refractivity contribution is 7.16. The van der Waals surface area contributed by atoms with Crippen LogP contribution < -0.4 is 0 Å². The molecule has 0 spiro atoms. The first-order chi connectivity index (χ1) is 5.20. The molecule has 0 saturated heterocycles. The maximum atomic E-state index is 12.8. The summed E-state index contributed by atoms with van der Waals surface area (Å²) in [6.07, 6.45) is 0. The van der Waals surface area contributed by atoms with Crippen molar-refractivity contribution in [1.82, 2.24) is 0 Å². The van der Waals surface area contributed by atoms with Crippen LogP contribution in [0.25, 0.3) is 10.3 Å². The fourth-order valence-electron chi connectivity index (χ4n) is 1.20. The van der Waals surface area contributed by atoms with Gasteiger partial charge in [-0.25, -0.2) is 0 Å². The topological polar surface area (TPSA) is 13.1 Å². The monoisotopic (exact) mass is 170 g/mol. The third-order valence-corrected chi connectivity index (χ3v) is 2.77. The summed E-state index contributed by atoms with van der Waals surface area (Å²) in [6, 6.07) is -0.449. The van der Waals surface area contributed by atoms with Gasteiger partial charge >= 0.3 is 0 Å². The molecule has 0 unspecified atom stereocenters. The van der Waals surface area contributed by atoms with Gasteiger partial charge in [0.1, 0.15) is 0 Å². The van der Waals surface area contributed by atoms with Gasteiger partial charge in [-0.05, 0) is 24.8 Å². The standard InChI is InChI=1S/C8H7FOS/c1-4-3-11-8-6(4)5(2)7(9)10-8/h3H,1-2H3. The fraction of sp³-hybridized carbons (Fsp3) is 0.250. The molecule has 2 heterocycles. The van der Waals surface area contributed by atoms with Gasteiger partial charge < -0.3 is 4.42 Å². The predicted octanol–water partition coefficient (Wildman–Crippen LogP) is 3.25. The molecule has 0 radical (unpaired) electrons. The molecule has 0 atom stereocenters. The summed E-state index contributed by atoms with van der Waals surface area (Å²) in [5, 5.41) is 2.91. The van der Waals surface area contributed by atoms with Crippen LogP contribution in [0.5, 0.6) is 0 Å². The van der Waals surface area contributed by atoms with Crippen LogP contribution in [0.3, 0.4) is 0 Å². The zero-order chi connectivity index (χ0) is 8.01. The van der Waals surface area contributed by atoms with Gasteiger partial charge in [0.25, 0.3) is 6.01 Å². The van der Waals surface area contributed by atoms with Gasteiger partial charge in [-0.2, -0.15) is 4.39 Å². The molecule has 0 bridgehead atoms. The lowest BCUT2D eigenvalue weighted by molar-refractivity contribution is 0.379. The van der Waals surface area contributed by atoms with Crippen LogP contribution in [0.15, 0.2) is 9.80 Å². The molecule has 0 aliphatic rings. The summed E-state index contributed by atoms with van der Waals surface area (Å²) in [5.41, 5.74) is 1.72. The molecule has 0 aliphatic heterocycles. The first-order valence-electron chi connectivity index (χ1n) is 3.33. The first kappa shape index (κ1) is 6.85. The highest BCUT2D eigenvalue weighted by Gasteiger charge is 2.12. The largest absolute Gasteiger partial charge is 0.420 e. The molecule has 2 aromatic heterocycles. The van der Waals surface area contributed by atoms with E-state index in [9.17, 15) is 4.39 Å². The van der Waals surface area contributed by atoms with Crippen LogP contribution in [0, 0.1) is 19.9 Å². The Labute approximate surface area is 67.4 Å². The van der Waals surface area contributed by atoms with Gasteiger partial charge in [0.05, 0.1) is 0 Å². The van der Waals surface area contributed by atoms with E-state index in [4.69, 9.17) is 4.42 Å².